The van der Waals surface area contributed by atoms with Crippen LogP contribution in [0.25, 0.3) is 0 Å². The summed E-state index contributed by atoms with van der Waals surface area (Å²) in [5.41, 5.74) is 0. The van der Waals surface area contributed by atoms with Crippen LogP contribution in [0.5, 0.6) is 0 Å². The minimum atomic E-state index is -0.0641. The first-order valence-corrected chi connectivity index (χ1v) is 3.65. The largest absolute Gasteiger partial charge is 0.465 e. The van der Waals surface area contributed by atoms with Crippen LogP contribution in [0.4, 0.5) is 0 Å². The van der Waals surface area contributed by atoms with Gasteiger partial charge in [-0.05, 0) is 6.42 Å². The van der Waals surface area contributed by atoms with Gasteiger partial charge in [0.05, 0.1) is 13.0 Å². The highest BCUT2D eigenvalue weighted by Crippen LogP contribution is 2.14. The highest BCUT2D eigenvalue weighted by atomic mass is 16.5. The van der Waals surface area contributed by atoms with Gasteiger partial charge < -0.3 is 4.74 Å². The summed E-state index contributed by atoms with van der Waals surface area (Å²) < 4.78 is 4.77. The maximum absolute atomic E-state index is 10.6. The van der Waals surface area contributed by atoms with Gasteiger partial charge in [0.25, 0.3) is 0 Å². The lowest BCUT2D eigenvalue weighted by atomic mass is 10.1. The maximum atomic E-state index is 10.6. The molecule has 1 fully saturated rings. The number of carbonyl (C=O) groups is 1. The molecule has 0 unspecified atom stereocenters. The van der Waals surface area contributed by atoms with Crippen molar-refractivity contribution in [2.45, 2.75) is 19.8 Å². The van der Waals surface area contributed by atoms with Crippen LogP contribution < -0.4 is 0 Å². The van der Waals surface area contributed by atoms with E-state index >= 15 is 0 Å². The van der Waals surface area contributed by atoms with Crippen LogP contribution in [-0.4, -0.2) is 12.6 Å². The Morgan fingerprint density at radius 2 is 2.60 bits per heavy atom. The molecule has 1 heterocycles. The number of esters is 1. The van der Waals surface area contributed by atoms with Gasteiger partial charge in [0.2, 0.25) is 0 Å². The van der Waals surface area contributed by atoms with Crippen molar-refractivity contribution in [1.82, 2.24) is 0 Å². The minimum absolute atomic E-state index is 0.0641. The van der Waals surface area contributed by atoms with Crippen molar-refractivity contribution in [2.75, 3.05) is 6.61 Å². The molecule has 0 bridgehead atoms. The summed E-state index contributed by atoms with van der Waals surface area (Å²) in [5.74, 6) is 0.276. The summed E-state index contributed by atoms with van der Waals surface area (Å²) in [6, 6.07) is 0. The number of hydrogen-bond acceptors (Lipinski definition) is 2. The first-order valence-electron chi connectivity index (χ1n) is 3.65. The fourth-order valence-corrected chi connectivity index (χ4v) is 0.984. The van der Waals surface area contributed by atoms with Crippen LogP contribution >= 0.6 is 0 Å². The van der Waals surface area contributed by atoms with Crippen LogP contribution in [0.15, 0.2) is 12.2 Å². The Morgan fingerprint density at radius 3 is 3.10 bits per heavy atom. The molecule has 1 rings (SSSR count). The summed E-state index contributed by atoms with van der Waals surface area (Å²) in [5, 5.41) is 0. The summed E-state index contributed by atoms with van der Waals surface area (Å²) in [6.45, 7) is 2.66. The van der Waals surface area contributed by atoms with Crippen LogP contribution in [0, 0.1) is 5.92 Å². The predicted molar refractivity (Wildman–Crippen MR) is 38.5 cm³/mol. The quantitative estimate of drug-likeness (QED) is 0.429. The Bertz CT molecular complexity index is 149. The molecule has 56 valence electrons. The van der Waals surface area contributed by atoms with Crippen molar-refractivity contribution < 1.29 is 9.53 Å². The fourth-order valence-electron chi connectivity index (χ4n) is 0.984. The van der Waals surface area contributed by atoms with E-state index < -0.39 is 0 Å². The van der Waals surface area contributed by atoms with E-state index in [-0.39, 0.29) is 5.97 Å². The lowest BCUT2D eigenvalue weighted by Gasteiger charge is -1.93. The minimum Gasteiger partial charge on any atom is -0.465 e. The number of carbonyl (C=O) groups excluding carboxylic acids is 1. The number of ether oxygens (including phenoxy) is 1. The molecule has 0 radical (unpaired) electrons. The van der Waals surface area contributed by atoms with E-state index in [4.69, 9.17) is 4.74 Å². The first kappa shape index (κ1) is 7.32. The predicted octanol–water partition coefficient (Wildman–Crippen LogP) is 1.52. The molecule has 10 heavy (non-hydrogen) atoms. The van der Waals surface area contributed by atoms with Gasteiger partial charge in [-0.1, -0.05) is 19.1 Å². The molecule has 0 saturated carbocycles. The number of cyclic esters (lactones) is 1. The average molecular weight is 140 g/mol. The standard InChI is InChI=1S/C8H12O2/c1-2-3-4-7-5-8(9)10-6-7/h3-4,7H,2,5-6H2,1H3/b4-3+/t7-/m1/s1. The third-order valence-electron chi connectivity index (χ3n) is 1.53. The van der Waals surface area contributed by atoms with Crippen molar-refractivity contribution >= 4 is 5.97 Å². The molecule has 0 N–H and O–H groups in total. The molecule has 1 atom stereocenters. The second-order valence-corrected chi connectivity index (χ2v) is 2.48. The van der Waals surface area contributed by atoms with Gasteiger partial charge in [-0.2, -0.15) is 0 Å². The Labute approximate surface area is 60.9 Å². The molecule has 2 heteroatoms. The average Bonchev–Trinajstić information content (AvgIpc) is 2.31. The second-order valence-electron chi connectivity index (χ2n) is 2.48. The molecule has 1 aliphatic rings. The molecule has 0 amide bonds. The summed E-state index contributed by atoms with van der Waals surface area (Å²) in [7, 11) is 0. The van der Waals surface area contributed by atoms with Gasteiger partial charge >= 0.3 is 5.97 Å². The zero-order chi connectivity index (χ0) is 7.40. The zero-order valence-electron chi connectivity index (χ0n) is 6.17. The maximum Gasteiger partial charge on any atom is 0.306 e. The van der Waals surface area contributed by atoms with Crippen LogP contribution in [-0.2, 0) is 9.53 Å². The van der Waals surface area contributed by atoms with Crippen molar-refractivity contribution in [2.24, 2.45) is 5.92 Å². The molecule has 0 aliphatic carbocycles. The van der Waals surface area contributed by atoms with E-state index in [1.54, 1.807) is 0 Å². The number of hydrogen-bond donors (Lipinski definition) is 0. The normalized spacial score (nSPS) is 25.7. The monoisotopic (exact) mass is 140 g/mol. The molecule has 0 aromatic carbocycles. The third kappa shape index (κ3) is 1.87. The van der Waals surface area contributed by atoms with Crippen LogP contribution in [0.2, 0.25) is 0 Å². The second kappa shape index (κ2) is 3.40. The van der Waals surface area contributed by atoms with Crippen molar-refractivity contribution in [3.05, 3.63) is 12.2 Å². The summed E-state index contributed by atoms with van der Waals surface area (Å²) in [6.07, 6.45) is 5.73. The lowest BCUT2D eigenvalue weighted by molar-refractivity contribution is -0.137. The van der Waals surface area contributed by atoms with Gasteiger partial charge in [0.1, 0.15) is 0 Å². The van der Waals surface area contributed by atoms with Gasteiger partial charge in [0.15, 0.2) is 0 Å². The Morgan fingerprint density at radius 1 is 1.80 bits per heavy atom. The fraction of sp³-hybridized carbons (Fsp3) is 0.625. The number of rotatable bonds is 2. The topological polar surface area (TPSA) is 26.3 Å². The molecular formula is C8H12O2. The molecule has 1 aliphatic heterocycles. The van der Waals surface area contributed by atoms with E-state index in [1.165, 1.54) is 0 Å². The van der Waals surface area contributed by atoms with E-state index in [2.05, 4.69) is 19.1 Å². The van der Waals surface area contributed by atoms with Gasteiger partial charge in [0, 0.05) is 5.92 Å². The van der Waals surface area contributed by atoms with Gasteiger partial charge in [-0.3, -0.25) is 4.79 Å². The van der Waals surface area contributed by atoms with Crippen molar-refractivity contribution in [3.8, 4) is 0 Å². The van der Waals surface area contributed by atoms with Crippen LogP contribution in [0.3, 0.4) is 0 Å². The first-order chi connectivity index (χ1) is 4.83. The van der Waals surface area contributed by atoms with Gasteiger partial charge in [-0.15, -0.1) is 0 Å². The molecule has 1 saturated heterocycles. The van der Waals surface area contributed by atoms with Crippen molar-refractivity contribution in [3.63, 3.8) is 0 Å². The highest BCUT2D eigenvalue weighted by Gasteiger charge is 2.20. The molecule has 2 nitrogen and oxygen atoms in total. The SMILES string of the molecule is CC/C=C/[C@H]1COC(=O)C1. The van der Waals surface area contributed by atoms with E-state index in [1.807, 2.05) is 0 Å². The van der Waals surface area contributed by atoms with E-state index in [9.17, 15) is 4.79 Å². The molecule has 0 spiro atoms. The number of allylic oxidation sites excluding steroid dienone is 1. The summed E-state index contributed by atoms with van der Waals surface area (Å²) >= 11 is 0. The highest BCUT2D eigenvalue weighted by molar-refractivity contribution is 5.71. The van der Waals surface area contributed by atoms with E-state index in [0.29, 0.717) is 18.9 Å². The Hall–Kier alpha value is -0.790. The Balaban J connectivity index is 2.31. The smallest absolute Gasteiger partial charge is 0.306 e. The van der Waals surface area contributed by atoms with Crippen molar-refractivity contribution in [1.29, 1.82) is 0 Å². The molecular weight excluding hydrogens is 128 g/mol. The third-order valence-corrected chi connectivity index (χ3v) is 1.53. The molecule has 0 aromatic heterocycles. The van der Waals surface area contributed by atoms with Gasteiger partial charge in [-0.25, -0.2) is 0 Å². The zero-order valence-corrected chi connectivity index (χ0v) is 6.17. The summed E-state index contributed by atoms with van der Waals surface area (Å²) in [4.78, 5) is 10.6. The van der Waals surface area contributed by atoms with Crippen LogP contribution in [0.1, 0.15) is 19.8 Å². The molecule has 0 aromatic rings. The lowest BCUT2D eigenvalue weighted by Crippen LogP contribution is -1.92. The van der Waals surface area contributed by atoms with E-state index in [0.717, 1.165) is 6.42 Å². The Kier molecular flexibility index (Phi) is 2.49.